The fraction of sp³-hybridized carbons (Fsp3) is 0.714. The number of nitrogens with zero attached hydrogens (tertiary/aromatic N) is 2. The number of rotatable bonds is 7. The number of aryl methyl sites for hydroxylation is 1. The van der Waals surface area contributed by atoms with Crippen LogP contribution in [-0.2, 0) is 11.3 Å². The van der Waals surface area contributed by atoms with Crippen LogP contribution < -0.4 is 5.32 Å². The molecular weight excluding hydrogens is 242 g/mol. The van der Waals surface area contributed by atoms with Gasteiger partial charge in [0, 0.05) is 32.0 Å². The Bertz CT molecular complexity index is 419. The molecule has 1 aliphatic carbocycles. The fourth-order valence-corrected chi connectivity index (χ4v) is 2.62. The number of anilines is 1. The Balaban J connectivity index is 1.98. The number of aliphatic hydroxyl groups excluding tert-OH is 1. The molecule has 19 heavy (non-hydrogen) atoms. The number of hydrogen-bond donors (Lipinski definition) is 2. The van der Waals surface area contributed by atoms with Crippen molar-refractivity contribution in [2.75, 3.05) is 25.6 Å². The number of aliphatic hydroxyl groups is 1. The van der Waals surface area contributed by atoms with Crippen molar-refractivity contribution in [2.45, 2.75) is 39.2 Å². The second kappa shape index (κ2) is 6.30. The van der Waals surface area contributed by atoms with Crippen molar-refractivity contribution in [3.63, 3.8) is 0 Å². The molecule has 0 amide bonds. The first-order chi connectivity index (χ1) is 9.17. The molecule has 0 aliphatic heterocycles. The summed E-state index contributed by atoms with van der Waals surface area (Å²) in [4.78, 5) is 8.76. The summed E-state index contributed by atoms with van der Waals surface area (Å²) in [5, 5.41) is 12.5. The lowest BCUT2D eigenvalue weighted by Crippen LogP contribution is -2.37. The van der Waals surface area contributed by atoms with E-state index >= 15 is 0 Å². The lowest BCUT2D eigenvalue weighted by atomic mass is 9.67. The van der Waals surface area contributed by atoms with Gasteiger partial charge in [-0.15, -0.1) is 0 Å². The van der Waals surface area contributed by atoms with Gasteiger partial charge < -0.3 is 15.2 Å². The van der Waals surface area contributed by atoms with Crippen LogP contribution in [0.1, 0.15) is 37.2 Å². The molecule has 5 nitrogen and oxygen atoms in total. The standard InChI is InChI=1S/C14H23N3O2/c1-11-8-12(17-13(16-11)9-19-2)15-10-14(6-7-18)4-3-5-14/h8,18H,3-7,9-10H2,1-2H3,(H,15,16,17). The molecule has 5 heteroatoms. The predicted octanol–water partition coefficient (Wildman–Crippen LogP) is 1.90. The maximum atomic E-state index is 9.15. The normalized spacial score (nSPS) is 17.0. The van der Waals surface area contributed by atoms with E-state index in [2.05, 4.69) is 15.3 Å². The van der Waals surface area contributed by atoms with Crippen LogP contribution in [-0.4, -0.2) is 35.3 Å². The van der Waals surface area contributed by atoms with Gasteiger partial charge in [-0.25, -0.2) is 9.97 Å². The number of nitrogens with one attached hydrogen (secondary N) is 1. The first kappa shape index (κ1) is 14.2. The molecule has 1 saturated carbocycles. The van der Waals surface area contributed by atoms with Gasteiger partial charge in [0.2, 0.25) is 0 Å². The van der Waals surface area contributed by atoms with E-state index in [4.69, 9.17) is 9.84 Å². The van der Waals surface area contributed by atoms with Gasteiger partial charge in [0.15, 0.2) is 5.82 Å². The van der Waals surface area contributed by atoms with Gasteiger partial charge in [-0.2, -0.15) is 0 Å². The van der Waals surface area contributed by atoms with Gasteiger partial charge in [0.1, 0.15) is 12.4 Å². The Morgan fingerprint density at radius 2 is 2.21 bits per heavy atom. The van der Waals surface area contributed by atoms with E-state index in [1.807, 2.05) is 13.0 Å². The summed E-state index contributed by atoms with van der Waals surface area (Å²) in [7, 11) is 1.64. The zero-order valence-electron chi connectivity index (χ0n) is 11.8. The van der Waals surface area contributed by atoms with Crippen LogP contribution >= 0.6 is 0 Å². The summed E-state index contributed by atoms with van der Waals surface area (Å²) in [5.74, 6) is 1.55. The summed E-state index contributed by atoms with van der Waals surface area (Å²) >= 11 is 0. The number of hydrogen-bond acceptors (Lipinski definition) is 5. The van der Waals surface area contributed by atoms with Crippen LogP contribution in [0, 0.1) is 12.3 Å². The van der Waals surface area contributed by atoms with Gasteiger partial charge in [-0.1, -0.05) is 6.42 Å². The first-order valence-electron chi connectivity index (χ1n) is 6.86. The van der Waals surface area contributed by atoms with Crippen LogP contribution in [0.4, 0.5) is 5.82 Å². The highest BCUT2D eigenvalue weighted by Crippen LogP contribution is 2.43. The van der Waals surface area contributed by atoms with Gasteiger partial charge in [0.25, 0.3) is 0 Å². The highest BCUT2D eigenvalue weighted by Gasteiger charge is 2.36. The van der Waals surface area contributed by atoms with Crippen molar-refractivity contribution in [3.8, 4) is 0 Å². The van der Waals surface area contributed by atoms with Gasteiger partial charge in [-0.05, 0) is 31.6 Å². The molecule has 0 atom stereocenters. The molecule has 0 unspecified atom stereocenters. The quantitative estimate of drug-likeness (QED) is 0.788. The molecule has 1 aromatic heterocycles. The number of aromatic nitrogens is 2. The van der Waals surface area contributed by atoms with Gasteiger partial charge in [-0.3, -0.25) is 0 Å². The minimum atomic E-state index is 0.259. The Morgan fingerprint density at radius 3 is 2.79 bits per heavy atom. The van der Waals surface area contributed by atoms with E-state index in [9.17, 15) is 0 Å². The SMILES string of the molecule is COCc1nc(C)cc(NCC2(CCO)CCC2)n1. The Hall–Kier alpha value is -1.20. The second-order valence-corrected chi connectivity index (χ2v) is 5.42. The molecule has 0 saturated heterocycles. The van der Waals surface area contributed by atoms with E-state index in [-0.39, 0.29) is 12.0 Å². The van der Waals surface area contributed by atoms with Crippen LogP contribution in [0.5, 0.6) is 0 Å². The summed E-state index contributed by atoms with van der Waals surface area (Å²) in [5.41, 5.74) is 1.20. The maximum Gasteiger partial charge on any atom is 0.156 e. The minimum absolute atomic E-state index is 0.259. The maximum absolute atomic E-state index is 9.15. The Morgan fingerprint density at radius 1 is 1.42 bits per heavy atom. The van der Waals surface area contributed by atoms with Crippen molar-refractivity contribution < 1.29 is 9.84 Å². The molecule has 1 aromatic rings. The zero-order valence-corrected chi connectivity index (χ0v) is 11.8. The highest BCUT2D eigenvalue weighted by molar-refractivity contribution is 5.36. The van der Waals surface area contributed by atoms with E-state index in [1.54, 1.807) is 7.11 Å². The third kappa shape index (κ3) is 3.64. The van der Waals surface area contributed by atoms with Crippen molar-refractivity contribution in [1.29, 1.82) is 0 Å². The summed E-state index contributed by atoms with van der Waals surface area (Å²) in [6.07, 6.45) is 4.51. The van der Waals surface area contributed by atoms with E-state index in [0.29, 0.717) is 12.4 Å². The molecule has 106 valence electrons. The van der Waals surface area contributed by atoms with Gasteiger partial charge in [0.05, 0.1) is 0 Å². The molecule has 2 rings (SSSR count). The molecule has 0 bridgehead atoms. The molecule has 2 N–H and O–H groups in total. The van der Waals surface area contributed by atoms with Crippen LogP contribution in [0.3, 0.4) is 0 Å². The van der Waals surface area contributed by atoms with Crippen molar-refractivity contribution in [2.24, 2.45) is 5.41 Å². The highest BCUT2D eigenvalue weighted by atomic mass is 16.5. The molecule has 1 fully saturated rings. The minimum Gasteiger partial charge on any atom is -0.396 e. The molecule has 0 aromatic carbocycles. The molecule has 1 heterocycles. The monoisotopic (exact) mass is 265 g/mol. The zero-order chi connectivity index (χ0) is 13.7. The lowest BCUT2D eigenvalue weighted by molar-refractivity contribution is 0.101. The second-order valence-electron chi connectivity index (χ2n) is 5.42. The third-order valence-electron chi connectivity index (χ3n) is 3.87. The van der Waals surface area contributed by atoms with Crippen LogP contribution in [0.15, 0.2) is 6.07 Å². The average Bonchev–Trinajstić information content (AvgIpc) is 2.32. The lowest BCUT2D eigenvalue weighted by Gasteiger charge is -2.42. The van der Waals surface area contributed by atoms with E-state index < -0.39 is 0 Å². The smallest absolute Gasteiger partial charge is 0.156 e. The van der Waals surface area contributed by atoms with Crippen LogP contribution in [0.2, 0.25) is 0 Å². The number of ether oxygens (including phenoxy) is 1. The molecule has 1 aliphatic rings. The molecule has 0 spiro atoms. The average molecular weight is 265 g/mol. The van der Waals surface area contributed by atoms with Crippen LogP contribution in [0.25, 0.3) is 0 Å². The van der Waals surface area contributed by atoms with Crippen molar-refractivity contribution in [3.05, 3.63) is 17.6 Å². The fourth-order valence-electron chi connectivity index (χ4n) is 2.62. The molecule has 0 radical (unpaired) electrons. The molecular formula is C14H23N3O2. The Kier molecular flexibility index (Phi) is 4.71. The topological polar surface area (TPSA) is 67.3 Å². The van der Waals surface area contributed by atoms with E-state index in [0.717, 1.165) is 24.5 Å². The first-order valence-corrected chi connectivity index (χ1v) is 6.86. The summed E-state index contributed by atoms with van der Waals surface area (Å²) in [6.45, 7) is 3.52. The Labute approximate surface area is 114 Å². The van der Waals surface area contributed by atoms with Crippen molar-refractivity contribution >= 4 is 5.82 Å². The van der Waals surface area contributed by atoms with Crippen molar-refractivity contribution in [1.82, 2.24) is 9.97 Å². The largest absolute Gasteiger partial charge is 0.396 e. The number of methoxy groups -OCH3 is 1. The summed E-state index contributed by atoms with van der Waals surface area (Å²) < 4.78 is 5.07. The predicted molar refractivity (Wildman–Crippen MR) is 74.0 cm³/mol. The third-order valence-corrected chi connectivity index (χ3v) is 3.87. The van der Waals surface area contributed by atoms with E-state index in [1.165, 1.54) is 19.3 Å². The van der Waals surface area contributed by atoms with Gasteiger partial charge >= 0.3 is 0 Å². The summed E-state index contributed by atoms with van der Waals surface area (Å²) in [6, 6.07) is 1.95.